The van der Waals surface area contributed by atoms with Crippen LogP contribution in [0.4, 0.5) is 0 Å². The van der Waals surface area contributed by atoms with E-state index in [0.29, 0.717) is 0 Å². The van der Waals surface area contributed by atoms with Gasteiger partial charge in [0, 0.05) is 23.9 Å². The first-order chi connectivity index (χ1) is 9.15. The van der Waals surface area contributed by atoms with Crippen LogP contribution in [-0.2, 0) is 6.54 Å². The molecule has 2 heterocycles. The van der Waals surface area contributed by atoms with Crippen LogP contribution in [0, 0.1) is 13.8 Å². The Morgan fingerprint density at radius 1 is 1.37 bits per heavy atom. The van der Waals surface area contributed by atoms with Crippen molar-refractivity contribution >= 4 is 0 Å². The molecule has 0 aliphatic carbocycles. The van der Waals surface area contributed by atoms with Crippen molar-refractivity contribution in [2.75, 3.05) is 6.54 Å². The number of nitrogens with zero attached hydrogens (tertiary/aromatic N) is 2. The lowest BCUT2D eigenvalue weighted by Gasteiger charge is -2.16. The average Bonchev–Trinajstić information content (AvgIpc) is 2.97. The third-order valence-corrected chi connectivity index (χ3v) is 3.30. The van der Waals surface area contributed by atoms with Gasteiger partial charge in [-0.2, -0.15) is 5.10 Å². The summed E-state index contributed by atoms with van der Waals surface area (Å²) in [6.45, 7) is 10.1. The van der Waals surface area contributed by atoms with E-state index in [1.54, 1.807) is 0 Å². The molecule has 1 N–H and O–H groups in total. The second-order valence-corrected chi connectivity index (χ2v) is 4.89. The molecular formula is C15H23N3O. The molecule has 0 fully saturated rings. The zero-order valence-corrected chi connectivity index (χ0v) is 12.2. The summed E-state index contributed by atoms with van der Waals surface area (Å²) in [6.07, 6.45) is 5.15. The van der Waals surface area contributed by atoms with E-state index in [9.17, 15) is 0 Å². The van der Waals surface area contributed by atoms with Gasteiger partial charge in [-0.25, -0.2) is 0 Å². The topological polar surface area (TPSA) is 43.0 Å². The van der Waals surface area contributed by atoms with Gasteiger partial charge in [-0.05, 0) is 39.8 Å². The normalized spacial score (nSPS) is 12.8. The van der Waals surface area contributed by atoms with E-state index in [1.165, 1.54) is 11.1 Å². The molecule has 0 bridgehead atoms. The van der Waals surface area contributed by atoms with Crippen LogP contribution in [0.1, 0.15) is 49.0 Å². The fourth-order valence-electron chi connectivity index (χ4n) is 2.33. The maximum absolute atomic E-state index is 5.66. The molecular weight excluding hydrogens is 238 g/mol. The van der Waals surface area contributed by atoms with Gasteiger partial charge in [-0.15, -0.1) is 0 Å². The molecule has 0 aliphatic rings. The van der Waals surface area contributed by atoms with Crippen molar-refractivity contribution in [2.45, 2.75) is 46.7 Å². The van der Waals surface area contributed by atoms with Crippen LogP contribution >= 0.6 is 0 Å². The quantitative estimate of drug-likeness (QED) is 0.868. The first kappa shape index (κ1) is 13.9. The highest BCUT2D eigenvalue weighted by Gasteiger charge is 2.19. The molecule has 1 unspecified atom stereocenters. The SMILES string of the molecule is CCCNC(c1cnn(CC)c1)c1cc(C)oc1C. The van der Waals surface area contributed by atoms with Crippen LogP contribution in [0.25, 0.3) is 0 Å². The largest absolute Gasteiger partial charge is 0.466 e. The molecule has 0 amide bonds. The van der Waals surface area contributed by atoms with Crippen molar-refractivity contribution in [1.82, 2.24) is 15.1 Å². The Labute approximate surface area is 114 Å². The van der Waals surface area contributed by atoms with E-state index in [4.69, 9.17) is 4.42 Å². The molecule has 4 nitrogen and oxygen atoms in total. The van der Waals surface area contributed by atoms with E-state index in [1.807, 2.05) is 24.7 Å². The van der Waals surface area contributed by atoms with Gasteiger partial charge >= 0.3 is 0 Å². The van der Waals surface area contributed by atoms with Gasteiger partial charge in [0.15, 0.2) is 0 Å². The Hall–Kier alpha value is -1.55. The summed E-state index contributed by atoms with van der Waals surface area (Å²) in [5, 5.41) is 7.95. The van der Waals surface area contributed by atoms with E-state index < -0.39 is 0 Å². The summed E-state index contributed by atoms with van der Waals surface area (Å²) in [5.41, 5.74) is 2.40. The van der Waals surface area contributed by atoms with Crippen LogP contribution in [0.3, 0.4) is 0 Å². The highest BCUT2D eigenvalue weighted by atomic mass is 16.3. The van der Waals surface area contributed by atoms with Crippen molar-refractivity contribution in [3.05, 3.63) is 41.1 Å². The number of hydrogen-bond acceptors (Lipinski definition) is 3. The van der Waals surface area contributed by atoms with Crippen LogP contribution in [0.15, 0.2) is 22.9 Å². The summed E-state index contributed by atoms with van der Waals surface area (Å²) in [4.78, 5) is 0. The van der Waals surface area contributed by atoms with E-state index in [2.05, 4.69) is 36.5 Å². The predicted molar refractivity (Wildman–Crippen MR) is 76.2 cm³/mol. The molecule has 0 spiro atoms. The van der Waals surface area contributed by atoms with Gasteiger partial charge in [0.1, 0.15) is 11.5 Å². The van der Waals surface area contributed by atoms with Crippen molar-refractivity contribution < 1.29 is 4.42 Å². The molecule has 19 heavy (non-hydrogen) atoms. The minimum Gasteiger partial charge on any atom is -0.466 e. The molecule has 1 atom stereocenters. The summed E-state index contributed by atoms with van der Waals surface area (Å²) in [5.74, 6) is 1.94. The van der Waals surface area contributed by atoms with E-state index >= 15 is 0 Å². The fourth-order valence-corrected chi connectivity index (χ4v) is 2.33. The first-order valence-corrected chi connectivity index (χ1v) is 6.98. The van der Waals surface area contributed by atoms with Gasteiger partial charge < -0.3 is 9.73 Å². The molecule has 0 aliphatic heterocycles. The van der Waals surface area contributed by atoms with E-state index in [0.717, 1.165) is 31.0 Å². The number of hydrogen-bond donors (Lipinski definition) is 1. The molecule has 4 heteroatoms. The maximum Gasteiger partial charge on any atom is 0.106 e. The lowest BCUT2D eigenvalue weighted by Crippen LogP contribution is -2.23. The zero-order chi connectivity index (χ0) is 13.8. The highest BCUT2D eigenvalue weighted by Crippen LogP contribution is 2.27. The monoisotopic (exact) mass is 261 g/mol. The molecule has 2 rings (SSSR count). The smallest absolute Gasteiger partial charge is 0.106 e. The second-order valence-electron chi connectivity index (χ2n) is 4.89. The van der Waals surface area contributed by atoms with Crippen molar-refractivity contribution in [3.63, 3.8) is 0 Å². The summed E-state index contributed by atoms with van der Waals surface area (Å²) >= 11 is 0. The standard InChI is InChI=1S/C15H23N3O/c1-5-7-16-15(13-9-17-18(6-2)10-13)14-8-11(3)19-12(14)4/h8-10,15-16H,5-7H2,1-4H3. The molecule has 104 valence electrons. The Balaban J connectivity index is 2.32. The molecule has 0 aromatic carbocycles. The fraction of sp³-hybridized carbons (Fsp3) is 0.533. The summed E-state index contributed by atoms with van der Waals surface area (Å²) in [7, 11) is 0. The Kier molecular flexibility index (Phi) is 4.43. The molecule has 0 saturated heterocycles. The Morgan fingerprint density at radius 3 is 2.68 bits per heavy atom. The Morgan fingerprint density at radius 2 is 2.16 bits per heavy atom. The average molecular weight is 261 g/mol. The first-order valence-electron chi connectivity index (χ1n) is 6.98. The molecule has 2 aromatic rings. The van der Waals surface area contributed by atoms with Gasteiger partial charge in [0.25, 0.3) is 0 Å². The van der Waals surface area contributed by atoms with Crippen LogP contribution in [0.5, 0.6) is 0 Å². The van der Waals surface area contributed by atoms with Crippen molar-refractivity contribution in [3.8, 4) is 0 Å². The van der Waals surface area contributed by atoms with Crippen LogP contribution in [-0.4, -0.2) is 16.3 Å². The van der Waals surface area contributed by atoms with Gasteiger partial charge in [-0.3, -0.25) is 4.68 Å². The second kappa shape index (κ2) is 6.06. The van der Waals surface area contributed by atoms with Gasteiger partial charge in [0.05, 0.1) is 12.2 Å². The number of aromatic nitrogens is 2. The predicted octanol–water partition coefficient (Wildman–Crippen LogP) is 3.20. The summed E-state index contributed by atoms with van der Waals surface area (Å²) < 4.78 is 7.62. The Bertz CT molecular complexity index is 527. The number of aryl methyl sites for hydroxylation is 3. The lowest BCUT2D eigenvalue weighted by molar-refractivity contribution is 0.493. The third kappa shape index (κ3) is 3.07. The number of nitrogens with one attached hydrogen (secondary N) is 1. The molecule has 2 aromatic heterocycles. The zero-order valence-electron chi connectivity index (χ0n) is 12.2. The van der Waals surface area contributed by atoms with E-state index in [-0.39, 0.29) is 6.04 Å². The van der Waals surface area contributed by atoms with Crippen molar-refractivity contribution in [2.24, 2.45) is 0 Å². The van der Waals surface area contributed by atoms with Gasteiger partial charge in [0.2, 0.25) is 0 Å². The minimum absolute atomic E-state index is 0.165. The van der Waals surface area contributed by atoms with Crippen LogP contribution in [0.2, 0.25) is 0 Å². The number of furan rings is 1. The highest BCUT2D eigenvalue weighted by molar-refractivity contribution is 5.32. The van der Waals surface area contributed by atoms with Crippen molar-refractivity contribution in [1.29, 1.82) is 0 Å². The lowest BCUT2D eigenvalue weighted by atomic mass is 10.0. The number of rotatable bonds is 6. The molecule has 0 radical (unpaired) electrons. The van der Waals surface area contributed by atoms with Gasteiger partial charge in [-0.1, -0.05) is 6.92 Å². The third-order valence-electron chi connectivity index (χ3n) is 3.30. The minimum atomic E-state index is 0.165. The summed E-state index contributed by atoms with van der Waals surface area (Å²) in [6, 6.07) is 2.28. The van der Waals surface area contributed by atoms with Crippen LogP contribution < -0.4 is 5.32 Å². The maximum atomic E-state index is 5.66. The molecule has 0 saturated carbocycles.